The lowest BCUT2D eigenvalue weighted by molar-refractivity contribution is -0.133. The van der Waals surface area contributed by atoms with Gasteiger partial charge in [0.25, 0.3) is 11.8 Å². The molecule has 186 valence electrons. The third-order valence-electron chi connectivity index (χ3n) is 6.95. The third-order valence-corrected chi connectivity index (χ3v) is 6.95. The van der Waals surface area contributed by atoms with E-state index in [0.29, 0.717) is 6.54 Å². The van der Waals surface area contributed by atoms with Crippen molar-refractivity contribution in [3.05, 3.63) is 88.8 Å². The summed E-state index contributed by atoms with van der Waals surface area (Å²) in [6, 6.07) is 13.6. The quantitative estimate of drug-likeness (QED) is 0.533. The molecule has 5 rings (SSSR count). The second-order valence-corrected chi connectivity index (χ2v) is 9.67. The van der Waals surface area contributed by atoms with E-state index < -0.39 is 11.4 Å². The van der Waals surface area contributed by atoms with Crippen LogP contribution >= 0.6 is 0 Å². The number of hydrogen-bond acceptors (Lipinski definition) is 4. The molecule has 1 fully saturated rings. The van der Waals surface area contributed by atoms with Gasteiger partial charge in [-0.15, -0.1) is 0 Å². The van der Waals surface area contributed by atoms with Crippen LogP contribution in [0.1, 0.15) is 57.4 Å². The molecule has 1 saturated carbocycles. The number of imidazole rings is 1. The first-order chi connectivity index (χ1) is 17.3. The van der Waals surface area contributed by atoms with Gasteiger partial charge in [-0.25, -0.2) is 9.37 Å². The molecule has 0 radical (unpaired) electrons. The molecule has 2 aliphatic rings. The Bertz CT molecular complexity index is 1330. The SMILES string of the molecule is Cc1ccccc1CNC(=O)c1ncn2c1C(=O)N(C1CC1)[C@](C)(C(=O)NCc1ccc(F)cc1)C2. The van der Waals surface area contributed by atoms with Crippen molar-refractivity contribution in [2.24, 2.45) is 0 Å². The molecule has 1 aliphatic carbocycles. The van der Waals surface area contributed by atoms with Crippen LogP contribution in [-0.4, -0.2) is 43.8 Å². The molecular weight excluding hydrogens is 461 g/mol. The van der Waals surface area contributed by atoms with Crippen molar-refractivity contribution in [2.75, 3.05) is 0 Å². The Labute approximate surface area is 208 Å². The number of fused-ring (bicyclic) bond motifs is 1. The van der Waals surface area contributed by atoms with Gasteiger partial charge in [-0.05, 0) is 55.5 Å². The van der Waals surface area contributed by atoms with Gasteiger partial charge in [0.2, 0.25) is 5.91 Å². The van der Waals surface area contributed by atoms with Gasteiger partial charge in [0, 0.05) is 19.1 Å². The number of benzene rings is 2. The zero-order valence-electron chi connectivity index (χ0n) is 20.3. The van der Waals surface area contributed by atoms with Crippen LogP contribution in [0, 0.1) is 12.7 Å². The second kappa shape index (κ2) is 9.22. The molecule has 8 nitrogen and oxygen atoms in total. The zero-order chi connectivity index (χ0) is 25.4. The summed E-state index contributed by atoms with van der Waals surface area (Å²) in [5.74, 6) is -1.46. The number of rotatable bonds is 7. The van der Waals surface area contributed by atoms with E-state index in [1.807, 2.05) is 31.2 Å². The molecule has 9 heteroatoms. The average molecular weight is 490 g/mol. The number of carbonyl (C=O) groups is 3. The van der Waals surface area contributed by atoms with E-state index in [-0.39, 0.29) is 48.2 Å². The van der Waals surface area contributed by atoms with E-state index in [1.165, 1.54) is 18.5 Å². The van der Waals surface area contributed by atoms with Crippen molar-refractivity contribution >= 4 is 17.7 Å². The lowest BCUT2D eigenvalue weighted by Crippen LogP contribution is -2.64. The van der Waals surface area contributed by atoms with Gasteiger partial charge in [-0.3, -0.25) is 14.4 Å². The first-order valence-electron chi connectivity index (χ1n) is 12.0. The van der Waals surface area contributed by atoms with Crippen LogP contribution in [0.15, 0.2) is 54.9 Å². The number of hydrogen-bond donors (Lipinski definition) is 2. The fraction of sp³-hybridized carbons (Fsp3) is 0.333. The molecule has 3 aromatic rings. The Morgan fingerprint density at radius 1 is 1.08 bits per heavy atom. The number of carbonyl (C=O) groups excluding carboxylic acids is 3. The first-order valence-corrected chi connectivity index (χ1v) is 12.0. The van der Waals surface area contributed by atoms with Gasteiger partial charge < -0.3 is 20.1 Å². The van der Waals surface area contributed by atoms with Crippen LogP contribution in [0.4, 0.5) is 4.39 Å². The highest BCUT2D eigenvalue weighted by Crippen LogP contribution is 2.38. The molecule has 1 atom stereocenters. The van der Waals surface area contributed by atoms with E-state index >= 15 is 0 Å². The standard InChI is InChI=1S/C27H28FN5O3/c1-17-5-3-4-6-19(17)14-29-24(34)22-23-25(35)33(21-11-12-21)27(2,15-32(23)16-31-22)26(36)30-13-18-7-9-20(28)10-8-18/h3-10,16,21H,11-15H2,1-2H3,(H,29,34)(H,30,36)/t27-/m0/s1. The topological polar surface area (TPSA) is 96.3 Å². The van der Waals surface area contributed by atoms with Crippen molar-refractivity contribution in [2.45, 2.75) is 57.9 Å². The minimum absolute atomic E-state index is 0.0630. The van der Waals surface area contributed by atoms with Gasteiger partial charge in [0.05, 0.1) is 12.9 Å². The summed E-state index contributed by atoms with van der Waals surface area (Å²) < 4.78 is 14.8. The smallest absolute Gasteiger partial charge is 0.274 e. The van der Waals surface area contributed by atoms with Gasteiger partial charge in [-0.2, -0.15) is 0 Å². The highest BCUT2D eigenvalue weighted by molar-refractivity contribution is 6.07. The van der Waals surface area contributed by atoms with E-state index in [1.54, 1.807) is 28.5 Å². The maximum atomic E-state index is 13.7. The maximum Gasteiger partial charge on any atom is 0.274 e. The van der Waals surface area contributed by atoms with Crippen LogP contribution < -0.4 is 10.6 Å². The molecule has 0 bridgehead atoms. The highest BCUT2D eigenvalue weighted by atomic mass is 19.1. The van der Waals surface area contributed by atoms with Crippen molar-refractivity contribution in [3.63, 3.8) is 0 Å². The van der Waals surface area contributed by atoms with Crippen LogP contribution in [0.25, 0.3) is 0 Å². The monoisotopic (exact) mass is 489 g/mol. The summed E-state index contributed by atoms with van der Waals surface area (Å²) >= 11 is 0. The predicted octanol–water partition coefficient (Wildman–Crippen LogP) is 2.95. The average Bonchev–Trinajstić information content (AvgIpc) is 3.60. The number of nitrogens with one attached hydrogen (secondary N) is 2. The number of nitrogens with zero attached hydrogens (tertiary/aromatic N) is 3. The number of aryl methyl sites for hydroxylation is 1. The fourth-order valence-corrected chi connectivity index (χ4v) is 4.76. The third kappa shape index (κ3) is 4.36. The van der Waals surface area contributed by atoms with Crippen LogP contribution in [0.2, 0.25) is 0 Å². The molecule has 0 unspecified atom stereocenters. The molecule has 1 aromatic heterocycles. The van der Waals surface area contributed by atoms with Crippen molar-refractivity contribution in [1.82, 2.24) is 25.1 Å². The van der Waals surface area contributed by atoms with Crippen LogP contribution in [-0.2, 0) is 24.4 Å². The number of aromatic nitrogens is 2. The number of amides is 3. The Morgan fingerprint density at radius 3 is 2.50 bits per heavy atom. The molecule has 2 N–H and O–H groups in total. The minimum Gasteiger partial charge on any atom is -0.350 e. The van der Waals surface area contributed by atoms with E-state index in [2.05, 4.69) is 15.6 Å². The Morgan fingerprint density at radius 2 is 1.81 bits per heavy atom. The predicted molar refractivity (Wildman–Crippen MR) is 130 cm³/mol. The summed E-state index contributed by atoms with van der Waals surface area (Å²) in [5.41, 5.74) is 1.91. The Balaban J connectivity index is 1.36. The molecule has 2 aromatic carbocycles. The highest BCUT2D eigenvalue weighted by Gasteiger charge is 2.53. The minimum atomic E-state index is -1.15. The van der Waals surface area contributed by atoms with Crippen LogP contribution in [0.3, 0.4) is 0 Å². The molecule has 3 amide bonds. The van der Waals surface area contributed by atoms with E-state index in [9.17, 15) is 18.8 Å². The molecular formula is C27H28FN5O3. The lowest BCUT2D eigenvalue weighted by Gasteiger charge is -2.44. The summed E-state index contributed by atoms with van der Waals surface area (Å²) in [5, 5.41) is 5.76. The van der Waals surface area contributed by atoms with Gasteiger partial charge in [0.1, 0.15) is 17.1 Å². The fourth-order valence-electron chi connectivity index (χ4n) is 4.76. The van der Waals surface area contributed by atoms with Crippen molar-refractivity contribution in [1.29, 1.82) is 0 Å². The molecule has 2 heterocycles. The van der Waals surface area contributed by atoms with Crippen molar-refractivity contribution in [3.8, 4) is 0 Å². The van der Waals surface area contributed by atoms with Gasteiger partial charge >= 0.3 is 0 Å². The number of halogens is 1. The summed E-state index contributed by atoms with van der Waals surface area (Å²) in [4.78, 5) is 46.0. The van der Waals surface area contributed by atoms with E-state index in [4.69, 9.17) is 0 Å². The summed E-state index contributed by atoms with van der Waals surface area (Å²) in [6.07, 6.45) is 3.05. The van der Waals surface area contributed by atoms with Gasteiger partial charge in [0.15, 0.2) is 5.69 Å². The maximum absolute atomic E-state index is 13.7. The Hall–Kier alpha value is -4.01. The lowest BCUT2D eigenvalue weighted by atomic mass is 9.93. The molecule has 0 saturated heterocycles. The Kier molecular flexibility index (Phi) is 6.07. The summed E-state index contributed by atoms with van der Waals surface area (Å²) in [7, 11) is 0. The molecule has 36 heavy (non-hydrogen) atoms. The van der Waals surface area contributed by atoms with E-state index in [0.717, 1.165) is 29.5 Å². The van der Waals surface area contributed by atoms with Crippen LogP contribution in [0.5, 0.6) is 0 Å². The largest absolute Gasteiger partial charge is 0.350 e. The van der Waals surface area contributed by atoms with Crippen molar-refractivity contribution < 1.29 is 18.8 Å². The zero-order valence-corrected chi connectivity index (χ0v) is 20.3. The normalized spacial score (nSPS) is 19.1. The first kappa shape index (κ1) is 23.7. The molecule has 0 spiro atoms. The summed E-state index contributed by atoms with van der Waals surface area (Å²) in [6.45, 7) is 4.42. The second-order valence-electron chi connectivity index (χ2n) is 9.67. The molecule has 1 aliphatic heterocycles. The van der Waals surface area contributed by atoms with Gasteiger partial charge in [-0.1, -0.05) is 36.4 Å².